The van der Waals surface area contributed by atoms with Gasteiger partial charge in [0, 0.05) is 39.3 Å². The minimum absolute atomic E-state index is 0.0356. The Kier molecular flexibility index (Phi) is 6.89. The van der Waals surface area contributed by atoms with E-state index in [2.05, 4.69) is 24.1 Å². The summed E-state index contributed by atoms with van der Waals surface area (Å²) in [6, 6.07) is 0. The van der Waals surface area contributed by atoms with E-state index in [-0.39, 0.29) is 18.4 Å². The van der Waals surface area contributed by atoms with Crippen molar-refractivity contribution >= 4 is 11.8 Å². The van der Waals surface area contributed by atoms with Crippen molar-refractivity contribution in [2.24, 2.45) is 5.92 Å². The number of nitrogens with one attached hydrogen (secondary N) is 1. The Bertz CT molecular complexity index is 483. The van der Waals surface area contributed by atoms with Crippen molar-refractivity contribution in [1.29, 1.82) is 0 Å². The van der Waals surface area contributed by atoms with Crippen LogP contribution in [-0.4, -0.2) is 97.6 Å². The maximum absolute atomic E-state index is 12.5. The van der Waals surface area contributed by atoms with Gasteiger partial charge in [0.2, 0.25) is 11.8 Å². The van der Waals surface area contributed by atoms with Crippen molar-refractivity contribution in [2.75, 3.05) is 58.9 Å². The zero-order valence-electron chi connectivity index (χ0n) is 16.3. The Morgan fingerprint density at radius 2 is 1.85 bits per heavy atom. The summed E-state index contributed by atoms with van der Waals surface area (Å²) in [5.74, 6) is 0.844. The Morgan fingerprint density at radius 3 is 2.50 bits per heavy atom. The standard InChI is InChI=1S/C19H34N4O3/c1-15-12-21(13-16(2)26-15)7-3-17-4-8-22(9-5-17)19(25)14-23-10-6-20-11-18(23)24/h15-17,20H,3-14H2,1-2H3/t15-,16-/m0/s1. The minimum atomic E-state index is 0.0356. The molecule has 2 atom stereocenters. The van der Waals surface area contributed by atoms with Crippen LogP contribution in [0.1, 0.15) is 33.1 Å². The lowest BCUT2D eigenvalue weighted by atomic mass is 9.93. The van der Waals surface area contributed by atoms with Gasteiger partial charge in [-0.15, -0.1) is 0 Å². The number of carbonyl (C=O) groups excluding carboxylic acids is 2. The Balaban J connectivity index is 1.36. The number of piperazine rings is 1. The van der Waals surface area contributed by atoms with E-state index in [4.69, 9.17) is 4.74 Å². The average Bonchev–Trinajstić information content (AvgIpc) is 2.61. The van der Waals surface area contributed by atoms with E-state index in [1.807, 2.05) is 4.90 Å². The molecule has 3 rings (SSSR count). The Hall–Kier alpha value is -1.18. The maximum atomic E-state index is 12.5. The van der Waals surface area contributed by atoms with Gasteiger partial charge in [0.05, 0.1) is 25.3 Å². The lowest BCUT2D eigenvalue weighted by Gasteiger charge is -2.37. The van der Waals surface area contributed by atoms with Gasteiger partial charge in [-0.25, -0.2) is 0 Å². The fourth-order valence-electron chi connectivity index (χ4n) is 4.38. The highest BCUT2D eigenvalue weighted by Gasteiger charge is 2.28. The number of hydrogen-bond donors (Lipinski definition) is 1. The number of rotatable bonds is 5. The first-order valence-corrected chi connectivity index (χ1v) is 10.2. The smallest absolute Gasteiger partial charge is 0.242 e. The van der Waals surface area contributed by atoms with Gasteiger partial charge in [-0.1, -0.05) is 0 Å². The zero-order valence-corrected chi connectivity index (χ0v) is 16.3. The van der Waals surface area contributed by atoms with E-state index in [9.17, 15) is 9.59 Å². The predicted octanol–water partition coefficient (Wildman–Crippen LogP) is 0.156. The molecule has 0 spiro atoms. The largest absolute Gasteiger partial charge is 0.373 e. The van der Waals surface area contributed by atoms with Gasteiger partial charge in [-0.2, -0.15) is 0 Å². The van der Waals surface area contributed by atoms with Gasteiger partial charge in [-0.05, 0) is 45.6 Å². The predicted molar refractivity (Wildman–Crippen MR) is 99.8 cm³/mol. The molecule has 3 fully saturated rings. The molecule has 26 heavy (non-hydrogen) atoms. The topological polar surface area (TPSA) is 65.1 Å². The number of likely N-dealkylation sites (tertiary alicyclic amines) is 1. The summed E-state index contributed by atoms with van der Waals surface area (Å²) in [5.41, 5.74) is 0. The fourth-order valence-corrected chi connectivity index (χ4v) is 4.38. The van der Waals surface area contributed by atoms with Crippen molar-refractivity contribution in [3.8, 4) is 0 Å². The van der Waals surface area contributed by atoms with Crippen LogP contribution in [0.2, 0.25) is 0 Å². The number of ether oxygens (including phenoxy) is 1. The molecule has 0 aromatic rings. The molecule has 1 N–H and O–H groups in total. The molecule has 2 amide bonds. The monoisotopic (exact) mass is 366 g/mol. The Morgan fingerprint density at radius 1 is 1.15 bits per heavy atom. The SMILES string of the molecule is C[C@H]1CN(CCC2CCN(C(=O)CN3CCNCC3=O)CC2)C[C@H](C)O1. The summed E-state index contributed by atoms with van der Waals surface area (Å²) in [4.78, 5) is 30.5. The second-order valence-corrected chi connectivity index (χ2v) is 8.12. The van der Waals surface area contributed by atoms with Crippen molar-refractivity contribution in [3.63, 3.8) is 0 Å². The molecule has 3 saturated heterocycles. The summed E-state index contributed by atoms with van der Waals surface area (Å²) in [6.07, 6.45) is 4.02. The van der Waals surface area contributed by atoms with E-state index in [0.717, 1.165) is 52.1 Å². The Labute approximate surface area is 157 Å². The first-order chi connectivity index (χ1) is 12.5. The molecule has 0 unspecified atom stereocenters. The van der Waals surface area contributed by atoms with Crippen LogP contribution in [0.25, 0.3) is 0 Å². The highest BCUT2D eigenvalue weighted by molar-refractivity contribution is 5.86. The van der Waals surface area contributed by atoms with Crippen LogP contribution < -0.4 is 5.32 Å². The number of carbonyl (C=O) groups is 2. The highest BCUT2D eigenvalue weighted by atomic mass is 16.5. The average molecular weight is 367 g/mol. The lowest BCUT2D eigenvalue weighted by Crippen LogP contribution is -2.52. The van der Waals surface area contributed by atoms with Crippen LogP contribution in [-0.2, 0) is 14.3 Å². The first kappa shape index (κ1) is 19.6. The van der Waals surface area contributed by atoms with Crippen molar-refractivity contribution < 1.29 is 14.3 Å². The number of hydrogen-bond acceptors (Lipinski definition) is 5. The van der Waals surface area contributed by atoms with Crippen LogP contribution in [0.5, 0.6) is 0 Å². The molecule has 0 aromatic heterocycles. The molecule has 3 aliphatic heterocycles. The van der Waals surface area contributed by atoms with Crippen LogP contribution in [0, 0.1) is 5.92 Å². The molecular formula is C19H34N4O3. The van der Waals surface area contributed by atoms with E-state index in [0.29, 0.717) is 31.2 Å². The van der Waals surface area contributed by atoms with Gasteiger partial charge < -0.3 is 19.9 Å². The quantitative estimate of drug-likeness (QED) is 0.751. The summed E-state index contributed by atoms with van der Waals surface area (Å²) >= 11 is 0. The lowest BCUT2D eigenvalue weighted by molar-refractivity contribution is -0.141. The van der Waals surface area contributed by atoms with E-state index in [1.54, 1.807) is 4.90 Å². The molecule has 3 aliphatic rings. The molecule has 7 nitrogen and oxygen atoms in total. The molecule has 3 heterocycles. The summed E-state index contributed by atoms with van der Waals surface area (Å²) in [7, 11) is 0. The van der Waals surface area contributed by atoms with Crippen molar-refractivity contribution in [2.45, 2.75) is 45.3 Å². The molecule has 0 radical (unpaired) electrons. The van der Waals surface area contributed by atoms with Gasteiger partial charge in [0.15, 0.2) is 0 Å². The van der Waals surface area contributed by atoms with Crippen molar-refractivity contribution in [3.05, 3.63) is 0 Å². The van der Waals surface area contributed by atoms with Crippen molar-refractivity contribution in [1.82, 2.24) is 20.0 Å². The van der Waals surface area contributed by atoms with E-state index < -0.39 is 0 Å². The molecular weight excluding hydrogens is 332 g/mol. The zero-order chi connectivity index (χ0) is 18.5. The summed E-state index contributed by atoms with van der Waals surface area (Å²) in [6.45, 7) is 11.2. The number of nitrogens with zero attached hydrogens (tertiary/aromatic N) is 3. The number of piperidine rings is 1. The molecule has 7 heteroatoms. The molecule has 0 saturated carbocycles. The summed E-state index contributed by atoms with van der Waals surface area (Å²) < 4.78 is 5.80. The van der Waals surface area contributed by atoms with Gasteiger partial charge >= 0.3 is 0 Å². The highest BCUT2D eigenvalue weighted by Crippen LogP contribution is 2.22. The fraction of sp³-hybridized carbons (Fsp3) is 0.895. The summed E-state index contributed by atoms with van der Waals surface area (Å²) in [5, 5.41) is 3.04. The third-order valence-electron chi connectivity index (χ3n) is 5.83. The van der Waals surface area contributed by atoms with Crippen LogP contribution in [0.4, 0.5) is 0 Å². The second kappa shape index (κ2) is 9.15. The van der Waals surface area contributed by atoms with Crippen LogP contribution >= 0.6 is 0 Å². The molecule has 0 aromatic carbocycles. The number of morpholine rings is 1. The van der Waals surface area contributed by atoms with E-state index in [1.165, 1.54) is 6.42 Å². The minimum Gasteiger partial charge on any atom is -0.373 e. The maximum Gasteiger partial charge on any atom is 0.242 e. The number of amides is 2. The molecule has 0 aliphatic carbocycles. The van der Waals surface area contributed by atoms with Gasteiger partial charge in [0.1, 0.15) is 0 Å². The first-order valence-electron chi connectivity index (χ1n) is 10.2. The van der Waals surface area contributed by atoms with E-state index >= 15 is 0 Å². The van der Waals surface area contributed by atoms with Crippen LogP contribution in [0.3, 0.4) is 0 Å². The molecule has 0 bridgehead atoms. The third-order valence-corrected chi connectivity index (χ3v) is 5.83. The normalized spacial score (nSPS) is 29.2. The molecule has 148 valence electrons. The van der Waals surface area contributed by atoms with Gasteiger partial charge in [0.25, 0.3) is 0 Å². The second-order valence-electron chi connectivity index (χ2n) is 8.12. The third kappa shape index (κ3) is 5.41. The van der Waals surface area contributed by atoms with Gasteiger partial charge in [-0.3, -0.25) is 14.5 Å². The van der Waals surface area contributed by atoms with Crippen LogP contribution in [0.15, 0.2) is 0 Å².